The third-order valence-electron chi connectivity index (χ3n) is 5.89. The van der Waals surface area contributed by atoms with Crippen molar-refractivity contribution in [3.05, 3.63) is 97.6 Å². The van der Waals surface area contributed by atoms with E-state index in [1.165, 1.54) is 0 Å². The highest BCUT2D eigenvalue weighted by molar-refractivity contribution is 6.12. The van der Waals surface area contributed by atoms with Crippen LogP contribution < -0.4 is 0 Å². The second kappa shape index (κ2) is 6.46. The first-order valence-corrected chi connectivity index (χ1v) is 10.4. The van der Waals surface area contributed by atoms with Gasteiger partial charge in [-0.15, -0.1) is 0 Å². The molecule has 2 aromatic carbocycles. The van der Waals surface area contributed by atoms with Gasteiger partial charge in [0.15, 0.2) is 11.3 Å². The van der Waals surface area contributed by atoms with Crippen LogP contribution in [0.2, 0.25) is 0 Å². The summed E-state index contributed by atoms with van der Waals surface area (Å²) in [6, 6.07) is 24.5. The van der Waals surface area contributed by atoms with Crippen LogP contribution >= 0.6 is 0 Å². The van der Waals surface area contributed by atoms with Crippen LogP contribution in [0.4, 0.5) is 0 Å². The normalized spacial score (nSPS) is 11.8. The van der Waals surface area contributed by atoms with Gasteiger partial charge in [-0.1, -0.05) is 36.4 Å². The van der Waals surface area contributed by atoms with E-state index in [4.69, 9.17) is 9.97 Å². The van der Waals surface area contributed by atoms with Crippen LogP contribution in [0.15, 0.2) is 97.6 Å². The van der Waals surface area contributed by atoms with E-state index in [9.17, 15) is 0 Å². The molecule has 0 saturated carbocycles. The van der Waals surface area contributed by atoms with Crippen molar-refractivity contribution in [3.63, 3.8) is 0 Å². The van der Waals surface area contributed by atoms with Crippen molar-refractivity contribution in [2.24, 2.45) is 0 Å². The molecule has 32 heavy (non-hydrogen) atoms. The first-order valence-electron chi connectivity index (χ1n) is 10.4. The molecule has 0 spiro atoms. The molecule has 0 aliphatic heterocycles. The monoisotopic (exact) mass is 412 g/mol. The number of aromatic nitrogens is 6. The van der Waals surface area contributed by atoms with E-state index in [0.717, 1.165) is 55.5 Å². The largest absolute Gasteiger partial charge is 0.291 e. The Morgan fingerprint density at radius 2 is 1.00 bits per heavy atom. The van der Waals surface area contributed by atoms with E-state index in [-0.39, 0.29) is 0 Å². The van der Waals surface area contributed by atoms with Crippen molar-refractivity contribution in [1.29, 1.82) is 0 Å². The molecule has 0 unspecified atom stereocenters. The summed E-state index contributed by atoms with van der Waals surface area (Å²) in [6.45, 7) is 0. The second-order valence-electron chi connectivity index (χ2n) is 7.70. The van der Waals surface area contributed by atoms with Gasteiger partial charge in [-0.05, 0) is 36.4 Å². The van der Waals surface area contributed by atoms with Crippen LogP contribution in [0.5, 0.6) is 0 Å². The minimum Gasteiger partial charge on any atom is -0.291 e. The predicted molar refractivity (Wildman–Crippen MR) is 126 cm³/mol. The van der Waals surface area contributed by atoms with Gasteiger partial charge in [0.2, 0.25) is 0 Å². The maximum absolute atomic E-state index is 5.21. The van der Waals surface area contributed by atoms with Gasteiger partial charge >= 0.3 is 0 Å². The van der Waals surface area contributed by atoms with Crippen LogP contribution in [0.3, 0.4) is 0 Å². The van der Waals surface area contributed by atoms with E-state index in [0.29, 0.717) is 0 Å². The number of para-hydroxylation sites is 2. The van der Waals surface area contributed by atoms with Crippen LogP contribution in [0, 0.1) is 0 Å². The van der Waals surface area contributed by atoms with Gasteiger partial charge < -0.3 is 0 Å². The first-order chi connectivity index (χ1) is 15.9. The van der Waals surface area contributed by atoms with E-state index >= 15 is 0 Å². The first kappa shape index (κ1) is 17.1. The van der Waals surface area contributed by atoms with Crippen LogP contribution in [-0.2, 0) is 0 Å². The van der Waals surface area contributed by atoms with E-state index < -0.39 is 0 Å². The molecule has 0 aliphatic carbocycles. The Hall–Kier alpha value is -4.58. The summed E-state index contributed by atoms with van der Waals surface area (Å²) in [5.74, 6) is 0. The summed E-state index contributed by atoms with van der Waals surface area (Å²) in [7, 11) is 0. The lowest BCUT2D eigenvalue weighted by atomic mass is 10.2. The zero-order valence-corrected chi connectivity index (χ0v) is 16.9. The van der Waals surface area contributed by atoms with Gasteiger partial charge in [0.05, 0.1) is 34.8 Å². The highest BCUT2D eigenvalue weighted by Crippen LogP contribution is 2.35. The lowest BCUT2D eigenvalue weighted by molar-refractivity contribution is 1.08. The zero-order chi connectivity index (χ0) is 21.1. The Labute approximate surface area is 182 Å². The molecule has 5 heterocycles. The van der Waals surface area contributed by atoms with Crippen molar-refractivity contribution in [2.75, 3.05) is 0 Å². The summed E-state index contributed by atoms with van der Waals surface area (Å²) in [5.41, 5.74) is 7.39. The maximum Gasteiger partial charge on any atom is 0.166 e. The van der Waals surface area contributed by atoms with Gasteiger partial charge in [0.1, 0.15) is 11.0 Å². The number of rotatable bonds is 2. The number of hydrogen-bond acceptors (Lipinski definition) is 4. The van der Waals surface area contributed by atoms with E-state index in [1.807, 2.05) is 60.9 Å². The Bertz CT molecular complexity index is 1640. The van der Waals surface area contributed by atoms with Gasteiger partial charge in [0.25, 0.3) is 0 Å². The van der Waals surface area contributed by atoms with E-state index in [2.05, 4.69) is 43.4 Å². The van der Waals surface area contributed by atoms with Crippen LogP contribution in [0.25, 0.3) is 55.5 Å². The molecule has 0 radical (unpaired) electrons. The average molecular weight is 412 g/mol. The molecule has 6 heteroatoms. The van der Waals surface area contributed by atoms with Crippen molar-refractivity contribution < 1.29 is 0 Å². The molecule has 7 aromatic rings. The van der Waals surface area contributed by atoms with Crippen LogP contribution in [0.1, 0.15) is 0 Å². The third-order valence-corrected chi connectivity index (χ3v) is 5.89. The molecule has 0 amide bonds. The minimum absolute atomic E-state index is 0.805. The molecule has 5 aromatic heterocycles. The Morgan fingerprint density at radius 1 is 0.500 bits per heavy atom. The summed E-state index contributed by atoms with van der Waals surface area (Å²) in [4.78, 5) is 19.1. The number of nitrogens with zero attached hydrogens (tertiary/aromatic N) is 6. The molecule has 0 atom stereocenters. The molecule has 0 fully saturated rings. The summed E-state index contributed by atoms with van der Waals surface area (Å²) < 4.78 is 4.27. The fraction of sp³-hybridized carbons (Fsp3) is 0. The van der Waals surface area contributed by atoms with Crippen LogP contribution in [-0.4, -0.2) is 29.1 Å². The highest BCUT2D eigenvalue weighted by Gasteiger charge is 2.20. The smallest absolute Gasteiger partial charge is 0.166 e. The minimum atomic E-state index is 0.805. The molecule has 150 valence electrons. The molecular formula is C26H16N6. The molecular weight excluding hydrogens is 396 g/mol. The summed E-state index contributed by atoms with van der Waals surface area (Å²) in [5, 5.41) is 2.14. The van der Waals surface area contributed by atoms with Crippen molar-refractivity contribution in [1.82, 2.24) is 29.1 Å². The fourth-order valence-corrected chi connectivity index (χ4v) is 4.55. The zero-order valence-electron chi connectivity index (χ0n) is 16.9. The van der Waals surface area contributed by atoms with Gasteiger partial charge in [0, 0.05) is 23.2 Å². The summed E-state index contributed by atoms with van der Waals surface area (Å²) >= 11 is 0. The fourth-order valence-electron chi connectivity index (χ4n) is 4.55. The molecule has 6 nitrogen and oxygen atoms in total. The molecule has 7 rings (SSSR count). The third kappa shape index (κ3) is 2.29. The van der Waals surface area contributed by atoms with E-state index in [1.54, 1.807) is 12.4 Å². The Kier molecular flexibility index (Phi) is 3.46. The number of hydrogen-bond donors (Lipinski definition) is 0. The predicted octanol–water partition coefficient (Wildman–Crippen LogP) is 5.46. The summed E-state index contributed by atoms with van der Waals surface area (Å²) in [6.07, 6.45) is 7.27. The van der Waals surface area contributed by atoms with Gasteiger partial charge in [-0.2, -0.15) is 0 Å². The average Bonchev–Trinajstić information content (AvgIpc) is 3.36. The molecule has 0 saturated heterocycles. The second-order valence-corrected chi connectivity index (χ2v) is 7.70. The Morgan fingerprint density at radius 3 is 1.47 bits per heavy atom. The standard InChI is InChI=1S/C26H16N6/c1-3-11-21-19(9-1)23-25(31(21)17-7-5-13-27-15-17)30-26-24(29-23)20-10-2-4-12-22(20)32(26)18-8-6-14-28-16-18/h1-16H. The van der Waals surface area contributed by atoms with Gasteiger partial charge in [-0.25, -0.2) is 9.97 Å². The number of benzene rings is 2. The number of fused-ring (bicyclic) bond motifs is 6. The molecule has 0 aliphatic rings. The SMILES string of the molecule is c1cncc(-n2c3ccccc3c3nc4c5ccccc5n(-c5cccnc5)c4nc32)c1. The van der Waals surface area contributed by atoms with Crippen molar-refractivity contribution in [2.45, 2.75) is 0 Å². The lowest BCUT2D eigenvalue weighted by Gasteiger charge is -2.08. The molecule has 0 N–H and O–H groups in total. The maximum atomic E-state index is 5.21. The topological polar surface area (TPSA) is 61.4 Å². The molecule has 0 bridgehead atoms. The number of pyridine rings is 2. The van der Waals surface area contributed by atoms with Gasteiger partial charge in [-0.3, -0.25) is 19.1 Å². The van der Waals surface area contributed by atoms with Crippen molar-refractivity contribution in [3.8, 4) is 11.4 Å². The van der Waals surface area contributed by atoms with Crippen molar-refractivity contribution >= 4 is 44.1 Å². The highest BCUT2D eigenvalue weighted by atomic mass is 15.1. The lowest BCUT2D eigenvalue weighted by Crippen LogP contribution is -2.00. The quantitative estimate of drug-likeness (QED) is 0.378. The Balaban J connectivity index is 1.71.